The molecule has 156 valence electrons. The maximum atomic E-state index is 12.5. The zero-order valence-corrected chi connectivity index (χ0v) is 18.5. The van der Waals surface area contributed by atoms with Crippen LogP contribution in [0.25, 0.3) is 5.69 Å². The molecule has 7 heteroatoms. The van der Waals surface area contributed by atoms with Crippen LogP contribution in [0.1, 0.15) is 29.5 Å². The van der Waals surface area contributed by atoms with Crippen LogP contribution in [0.2, 0.25) is 0 Å². The second kappa shape index (κ2) is 8.92. The van der Waals surface area contributed by atoms with Crippen LogP contribution in [0.4, 0.5) is 11.4 Å². The lowest BCUT2D eigenvalue weighted by molar-refractivity contribution is -0.113. The van der Waals surface area contributed by atoms with Gasteiger partial charge in [-0.3, -0.25) is 9.36 Å². The molecule has 1 amide bonds. The van der Waals surface area contributed by atoms with Crippen molar-refractivity contribution in [2.45, 2.75) is 38.8 Å². The number of rotatable bonds is 6. The van der Waals surface area contributed by atoms with E-state index in [1.165, 1.54) is 47.0 Å². The van der Waals surface area contributed by atoms with E-state index in [1.807, 2.05) is 22.8 Å². The van der Waals surface area contributed by atoms with Crippen LogP contribution in [0, 0.1) is 20.8 Å². The Kier molecular flexibility index (Phi) is 6.08. The molecule has 1 N–H and O–H groups in total. The minimum Gasteiger partial charge on any atom is -0.371 e. The van der Waals surface area contributed by atoms with Crippen molar-refractivity contribution in [1.29, 1.82) is 0 Å². The fraction of sp³-hybridized carbons (Fsp3) is 0.348. The molecule has 0 saturated carbocycles. The lowest BCUT2D eigenvalue weighted by atomic mass is 10.1. The van der Waals surface area contributed by atoms with Gasteiger partial charge in [-0.15, -0.1) is 10.2 Å². The topological polar surface area (TPSA) is 63.1 Å². The zero-order valence-electron chi connectivity index (χ0n) is 17.7. The molecule has 0 spiro atoms. The number of benzene rings is 2. The molecule has 4 rings (SSSR count). The Balaban J connectivity index is 1.38. The molecule has 0 radical (unpaired) electrons. The molecule has 0 bridgehead atoms. The molecule has 3 aromatic rings. The number of thioether (sulfide) groups is 1. The van der Waals surface area contributed by atoms with E-state index in [1.54, 1.807) is 6.33 Å². The second-order valence-electron chi connectivity index (χ2n) is 7.78. The summed E-state index contributed by atoms with van der Waals surface area (Å²) in [5, 5.41) is 11.9. The van der Waals surface area contributed by atoms with Crippen molar-refractivity contribution in [1.82, 2.24) is 14.8 Å². The Hall–Kier alpha value is -2.80. The fourth-order valence-electron chi connectivity index (χ4n) is 3.75. The second-order valence-corrected chi connectivity index (χ2v) is 8.73. The van der Waals surface area contributed by atoms with Crippen LogP contribution < -0.4 is 10.2 Å². The molecule has 2 aromatic carbocycles. The number of aryl methyl sites for hydroxylation is 3. The number of nitrogens with zero attached hydrogens (tertiary/aromatic N) is 4. The summed E-state index contributed by atoms with van der Waals surface area (Å²) in [5.41, 5.74) is 6.74. The normalized spacial score (nSPS) is 13.6. The number of amides is 1. The highest BCUT2D eigenvalue weighted by Gasteiger charge is 2.15. The highest BCUT2D eigenvalue weighted by Crippen LogP contribution is 2.27. The van der Waals surface area contributed by atoms with Gasteiger partial charge in [0.2, 0.25) is 5.91 Å². The molecule has 0 aliphatic carbocycles. The number of carbonyl (C=O) groups is 1. The van der Waals surface area contributed by atoms with Crippen molar-refractivity contribution < 1.29 is 4.79 Å². The highest BCUT2D eigenvalue weighted by molar-refractivity contribution is 7.99. The summed E-state index contributed by atoms with van der Waals surface area (Å²) < 4.78 is 1.92. The van der Waals surface area contributed by atoms with Crippen LogP contribution in [0.3, 0.4) is 0 Å². The molecule has 1 aliphatic rings. The van der Waals surface area contributed by atoms with Gasteiger partial charge >= 0.3 is 0 Å². The van der Waals surface area contributed by atoms with E-state index in [0.717, 1.165) is 24.5 Å². The third-order valence-corrected chi connectivity index (χ3v) is 6.49. The van der Waals surface area contributed by atoms with Crippen molar-refractivity contribution in [3.63, 3.8) is 0 Å². The van der Waals surface area contributed by atoms with Crippen LogP contribution in [-0.4, -0.2) is 39.5 Å². The molecule has 1 saturated heterocycles. The van der Waals surface area contributed by atoms with Crippen molar-refractivity contribution in [3.8, 4) is 5.69 Å². The average Bonchev–Trinajstić information content (AvgIpc) is 3.40. The predicted molar refractivity (Wildman–Crippen MR) is 123 cm³/mol. The van der Waals surface area contributed by atoms with E-state index < -0.39 is 0 Å². The van der Waals surface area contributed by atoms with Gasteiger partial charge in [0.25, 0.3) is 0 Å². The number of carbonyl (C=O) groups excluding carboxylic acids is 1. The maximum absolute atomic E-state index is 12.5. The van der Waals surface area contributed by atoms with Gasteiger partial charge in [-0.1, -0.05) is 17.8 Å². The van der Waals surface area contributed by atoms with E-state index in [0.29, 0.717) is 5.16 Å². The van der Waals surface area contributed by atoms with Crippen LogP contribution >= 0.6 is 11.8 Å². The SMILES string of the molecule is Cc1ccc(-n2cnnc2SCC(=O)Nc2ccc(N3CCCC3)c(C)c2)cc1C. The average molecular weight is 422 g/mol. The molecule has 1 aromatic heterocycles. The Labute approximate surface area is 181 Å². The summed E-state index contributed by atoms with van der Waals surface area (Å²) in [6.07, 6.45) is 4.19. The molecule has 2 heterocycles. The lowest BCUT2D eigenvalue weighted by Gasteiger charge is -2.20. The van der Waals surface area contributed by atoms with E-state index in [9.17, 15) is 4.79 Å². The first-order valence-corrected chi connectivity index (χ1v) is 11.3. The lowest BCUT2D eigenvalue weighted by Crippen LogP contribution is -2.19. The molecule has 6 nitrogen and oxygen atoms in total. The van der Waals surface area contributed by atoms with E-state index in [2.05, 4.69) is 59.4 Å². The van der Waals surface area contributed by atoms with E-state index >= 15 is 0 Å². The summed E-state index contributed by atoms with van der Waals surface area (Å²) in [5.74, 6) is 0.221. The maximum Gasteiger partial charge on any atom is 0.234 e. The third-order valence-electron chi connectivity index (χ3n) is 5.54. The Bertz CT molecular complexity index is 1060. The first kappa shape index (κ1) is 20.5. The molecule has 0 atom stereocenters. The molecular formula is C23H27N5OS. The number of hydrogen-bond acceptors (Lipinski definition) is 5. The van der Waals surface area contributed by atoms with Gasteiger partial charge < -0.3 is 10.2 Å². The number of aromatic nitrogens is 3. The molecule has 0 unspecified atom stereocenters. The third kappa shape index (κ3) is 4.51. The molecule has 30 heavy (non-hydrogen) atoms. The summed E-state index contributed by atoms with van der Waals surface area (Å²) in [4.78, 5) is 14.9. The smallest absolute Gasteiger partial charge is 0.234 e. The zero-order chi connectivity index (χ0) is 21.1. The fourth-order valence-corrected chi connectivity index (χ4v) is 4.48. The largest absolute Gasteiger partial charge is 0.371 e. The Morgan fingerprint density at radius 2 is 1.83 bits per heavy atom. The van der Waals surface area contributed by atoms with Gasteiger partial charge in [0.15, 0.2) is 5.16 Å². The van der Waals surface area contributed by atoms with Crippen molar-refractivity contribution in [2.75, 3.05) is 29.1 Å². The Morgan fingerprint density at radius 3 is 2.57 bits per heavy atom. The Morgan fingerprint density at radius 1 is 1.03 bits per heavy atom. The van der Waals surface area contributed by atoms with Crippen molar-refractivity contribution in [2.24, 2.45) is 0 Å². The first-order valence-electron chi connectivity index (χ1n) is 10.3. The standard InChI is InChI=1S/C23H27N5OS/c1-16-6-8-20(13-17(16)2)28-15-24-26-23(28)30-14-22(29)25-19-7-9-21(18(3)12-19)27-10-4-5-11-27/h6-9,12-13,15H,4-5,10-11,14H2,1-3H3,(H,25,29). The molecular weight excluding hydrogens is 394 g/mol. The molecule has 1 fully saturated rings. The van der Waals surface area contributed by atoms with Crippen molar-refractivity contribution in [3.05, 3.63) is 59.4 Å². The quantitative estimate of drug-likeness (QED) is 0.593. The van der Waals surface area contributed by atoms with E-state index in [4.69, 9.17) is 0 Å². The minimum absolute atomic E-state index is 0.0528. The summed E-state index contributed by atoms with van der Waals surface area (Å²) in [7, 11) is 0. The van der Waals surface area contributed by atoms with Crippen molar-refractivity contribution >= 4 is 29.0 Å². The summed E-state index contributed by atoms with van der Waals surface area (Å²) in [6, 6.07) is 12.4. The van der Waals surface area contributed by atoms with Gasteiger partial charge in [-0.2, -0.15) is 0 Å². The minimum atomic E-state index is -0.0528. The number of anilines is 2. The van der Waals surface area contributed by atoms with E-state index in [-0.39, 0.29) is 11.7 Å². The number of hydrogen-bond donors (Lipinski definition) is 1. The molecule has 1 aliphatic heterocycles. The van der Waals surface area contributed by atoms with Crippen LogP contribution in [0.5, 0.6) is 0 Å². The first-order chi connectivity index (χ1) is 14.5. The van der Waals surface area contributed by atoms with Gasteiger partial charge in [0.1, 0.15) is 6.33 Å². The van der Waals surface area contributed by atoms with Crippen LogP contribution in [-0.2, 0) is 4.79 Å². The van der Waals surface area contributed by atoms with Gasteiger partial charge in [0.05, 0.1) is 5.75 Å². The predicted octanol–water partition coefficient (Wildman–Crippen LogP) is 4.52. The highest BCUT2D eigenvalue weighted by atomic mass is 32.2. The van der Waals surface area contributed by atoms with Gasteiger partial charge in [-0.25, -0.2) is 0 Å². The van der Waals surface area contributed by atoms with Crippen LogP contribution in [0.15, 0.2) is 47.9 Å². The monoisotopic (exact) mass is 421 g/mol. The van der Waals surface area contributed by atoms with Gasteiger partial charge in [-0.05, 0) is 80.6 Å². The summed E-state index contributed by atoms with van der Waals surface area (Å²) >= 11 is 1.38. The van der Waals surface area contributed by atoms with Gasteiger partial charge in [0, 0.05) is 30.2 Å². The summed E-state index contributed by atoms with van der Waals surface area (Å²) in [6.45, 7) is 8.50. The number of nitrogens with one attached hydrogen (secondary N) is 1.